The number of carbonyl (C=O) groups is 2. The zero-order valence-electron chi connectivity index (χ0n) is 14.4. The van der Waals surface area contributed by atoms with Crippen molar-refractivity contribution < 1.29 is 14.3 Å². The Labute approximate surface area is 152 Å². The molecule has 1 fully saturated rings. The highest BCUT2D eigenvalue weighted by Crippen LogP contribution is 2.18. The summed E-state index contributed by atoms with van der Waals surface area (Å²) in [6.45, 7) is 2.39. The molecule has 2 amide bonds. The largest absolute Gasteiger partial charge is 0.397 e. The minimum Gasteiger partial charge on any atom is -0.397 e. The summed E-state index contributed by atoms with van der Waals surface area (Å²) in [5.74, 6) is -0.266. The monoisotopic (exact) mass is 351 g/mol. The fourth-order valence-corrected chi connectivity index (χ4v) is 2.61. The van der Waals surface area contributed by atoms with Crippen LogP contribution in [0.5, 0.6) is 0 Å². The maximum atomic E-state index is 12.3. The summed E-state index contributed by atoms with van der Waals surface area (Å²) in [5, 5.41) is 2.78. The maximum Gasteiger partial charge on any atom is 0.255 e. The van der Waals surface area contributed by atoms with Gasteiger partial charge in [-0.25, -0.2) is 0 Å². The van der Waals surface area contributed by atoms with Gasteiger partial charge >= 0.3 is 0 Å². The number of nitrogens with one attached hydrogen (secondary N) is 1. The molecule has 0 spiro atoms. The van der Waals surface area contributed by atoms with Crippen LogP contribution < -0.4 is 11.1 Å². The van der Waals surface area contributed by atoms with Gasteiger partial charge in [-0.1, -0.05) is 24.3 Å². The molecule has 1 heterocycles. The molecule has 0 radical (unpaired) electrons. The number of hydrogen-bond acceptors (Lipinski definition) is 4. The zero-order valence-corrected chi connectivity index (χ0v) is 14.4. The third-order valence-electron chi connectivity index (χ3n) is 4.12. The van der Waals surface area contributed by atoms with Crippen LogP contribution in [0.3, 0.4) is 0 Å². The molecule has 6 nitrogen and oxygen atoms in total. The van der Waals surface area contributed by atoms with E-state index in [1.54, 1.807) is 53.5 Å². The minimum absolute atomic E-state index is 0.0327. The molecule has 1 saturated heterocycles. The number of morpholine rings is 1. The number of nitrogens with zero attached hydrogens (tertiary/aromatic N) is 1. The van der Waals surface area contributed by atoms with Crippen molar-refractivity contribution in [2.24, 2.45) is 0 Å². The number of anilines is 2. The second kappa shape index (κ2) is 8.31. The predicted octanol–water partition coefficient (Wildman–Crippen LogP) is 2.39. The molecule has 26 heavy (non-hydrogen) atoms. The van der Waals surface area contributed by atoms with E-state index in [4.69, 9.17) is 10.5 Å². The fraction of sp³-hybridized carbons (Fsp3) is 0.200. The topological polar surface area (TPSA) is 84.7 Å². The molecule has 2 aromatic rings. The third-order valence-corrected chi connectivity index (χ3v) is 4.12. The Morgan fingerprint density at radius 1 is 1.04 bits per heavy atom. The summed E-state index contributed by atoms with van der Waals surface area (Å²) >= 11 is 0. The van der Waals surface area contributed by atoms with Crippen molar-refractivity contribution in [2.75, 3.05) is 37.4 Å². The second-order valence-electron chi connectivity index (χ2n) is 5.93. The summed E-state index contributed by atoms with van der Waals surface area (Å²) in [6.07, 6.45) is 3.29. The van der Waals surface area contributed by atoms with Crippen molar-refractivity contribution in [2.45, 2.75) is 0 Å². The normalized spacial score (nSPS) is 14.4. The molecule has 3 N–H and O–H groups in total. The second-order valence-corrected chi connectivity index (χ2v) is 5.93. The van der Waals surface area contributed by atoms with Crippen molar-refractivity contribution in [3.63, 3.8) is 0 Å². The molecule has 1 aliphatic rings. The van der Waals surface area contributed by atoms with E-state index < -0.39 is 0 Å². The molecule has 134 valence electrons. The number of hydrogen-bond donors (Lipinski definition) is 2. The van der Waals surface area contributed by atoms with Gasteiger partial charge in [0.2, 0.25) is 5.91 Å². The lowest BCUT2D eigenvalue weighted by Gasteiger charge is -2.25. The molecule has 1 aliphatic heterocycles. The lowest BCUT2D eigenvalue weighted by atomic mass is 10.1. The van der Waals surface area contributed by atoms with Gasteiger partial charge in [0.25, 0.3) is 5.91 Å². The predicted molar refractivity (Wildman–Crippen MR) is 102 cm³/mol. The lowest BCUT2D eigenvalue weighted by molar-refractivity contribution is -0.129. The molecule has 0 bridgehead atoms. The Morgan fingerprint density at radius 3 is 2.42 bits per heavy atom. The Morgan fingerprint density at radius 2 is 1.73 bits per heavy atom. The van der Waals surface area contributed by atoms with Gasteiger partial charge < -0.3 is 20.7 Å². The Kier molecular flexibility index (Phi) is 5.66. The van der Waals surface area contributed by atoms with E-state index in [9.17, 15) is 9.59 Å². The summed E-state index contributed by atoms with van der Waals surface area (Å²) in [5.41, 5.74) is 8.30. The summed E-state index contributed by atoms with van der Waals surface area (Å²) < 4.78 is 5.23. The van der Waals surface area contributed by atoms with Gasteiger partial charge in [-0.2, -0.15) is 0 Å². The van der Waals surface area contributed by atoms with Crippen LogP contribution in [0.15, 0.2) is 54.6 Å². The van der Waals surface area contributed by atoms with Crippen LogP contribution in [-0.2, 0) is 9.53 Å². The number of nitrogens with two attached hydrogens (primary N) is 1. The maximum absolute atomic E-state index is 12.3. The van der Waals surface area contributed by atoms with Crippen molar-refractivity contribution in [3.8, 4) is 0 Å². The van der Waals surface area contributed by atoms with Crippen molar-refractivity contribution >= 4 is 29.3 Å². The van der Waals surface area contributed by atoms with Gasteiger partial charge in [0.15, 0.2) is 0 Å². The zero-order chi connectivity index (χ0) is 18.4. The number of nitrogen functional groups attached to an aromatic ring is 1. The first-order valence-corrected chi connectivity index (χ1v) is 8.44. The number of carbonyl (C=O) groups excluding carboxylic acids is 2. The highest BCUT2D eigenvalue weighted by atomic mass is 16.5. The third kappa shape index (κ3) is 4.49. The number of ether oxygens (including phenoxy) is 1. The van der Waals surface area contributed by atoms with Gasteiger partial charge in [0.05, 0.1) is 24.6 Å². The number of amides is 2. The van der Waals surface area contributed by atoms with Crippen molar-refractivity contribution in [1.29, 1.82) is 0 Å². The molecular weight excluding hydrogens is 330 g/mol. The number of para-hydroxylation sites is 2. The van der Waals surface area contributed by atoms with Crippen LogP contribution in [0.4, 0.5) is 11.4 Å². The molecule has 0 saturated carbocycles. The highest BCUT2D eigenvalue weighted by molar-refractivity contribution is 6.05. The SMILES string of the molecule is Nc1ccccc1NC(=O)c1ccc(C=CC(=O)N2CCOCC2)cc1. The van der Waals surface area contributed by atoms with Crippen LogP contribution in [0, 0.1) is 0 Å². The van der Waals surface area contributed by atoms with E-state index in [1.165, 1.54) is 0 Å². The smallest absolute Gasteiger partial charge is 0.255 e. The van der Waals surface area contributed by atoms with E-state index in [0.29, 0.717) is 43.2 Å². The average Bonchev–Trinajstić information content (AvgIpc) is 2.69. The Bertz CT molecular complexity index is 809. The van der Waals surface area contributed by atoms with Gasteiger partial charge in [-0.15, -0.1) is 0 Å². The molecule has 2 aromatic carbocycles. The fourth-order valence-electron chi connectivity index (χ4n) is 2.61. The Balaban J connectivity index is 1.61. The molecule has 0 aromatic heterocycles. The quantitative estimate of drug-likeness (QED) is 0.654. The van der Waals surface area contributed by atoms with Crippen molar-refractivity contribution in [1.82, 2.24) is 4.90 Å². The Hall–Kier alpha value is -3.12. The molecular formula is C20H21N3O3. The van der Waals surface area contributed by atoms with Crippen LogP contribution in [-0.4, -0.2) is 43.0 Å². The highest BCUT2D eigenvalue weighted by Gasteiger charge is 2.14. The van der Waals surface area contributed by atoms with Crippen molar-refractivity contribution in [3.05, 3.63) is 65.7 Å². The van der Waals surface area contributed by atoms with E-state index >= 15 is 0 Å². The number of benzene rings is 2. The molecule has 3 rings (SSSR count). The molecule has 6 heteroatoms. The first kappa shape index (κ1) is 17.7. The van der Waals surface area contributed by atoms with E-state index in [1.807, 2.05) is 12.1 Å². The molecule has 0 aliphatic carbocycles. The molecule has 0 atom stereocenters. The van der Waals surface area contributed by atoms with Gasteiger partial charge in [-0.3, -0.25) is 9.59 Å². The van der Waals surface area contributed by atoms with Gasteiger partial charge in [0, 0.05) is 24.7 Å². The number of rotatable bonds is 4. The standard InChI is InChI=1S/C20H21N3O3/c21-17-3-1-2-4-18(17)22-20(25)16-8-5-15(6-9-16)7-10-19(24)23-11-13-26-14-12-23/h1-10H,11-14,21H2,(H,22,25). The molecule has 0 unspecified atom stereocenters. The lowest BCUT2D eigenvalue weighted by Crippen LogP contribution is -2.39. The van der Waals surface area contributed by atoms with Gasteiger partial charge in [0.1, 0.15) is 0 Å². The van der Waals surface area contributed by atoms with Gasteiger partial charge in [-0.05, 0) is 35.9 Å². The summed E-state index contributed by atoms with van der Waals surface area (Å²) in [6, 6.07) is 14.1. The van der Waals surface area contributed by atoms with Crippen LogP contribution in [0.25, 0.3) is 6.08 Å². The van der Waals surface area contributed by atoms with E-state index in [2.05, 4.69) is 5.32 Å². The summed E-state index contributed by atoms with van der Waals surface area (Å²) in [7, 11) is 0. The van der Waals surface area contributed by atoms with E-state index in [-0.39, 0.29) is 11.8 Å². The minimum atomic E-state index is -0.233. The average molecular weight is 351 g/mol. The van der Waals surface area contributed by atoms with Crippen LogP contribution in [0.2, 0.25) is 0 Å². The van der Waals surface area contributed by atoms with E-state index in [0.717, 1.165) is 5.56 Å². The van der Waals surface area contributed by atoms with Crippen LogP contribution in [0.1, 0.15) is 15.9 Å². The summed E-state index contributed by atoms with van der Waals surface area (Å²) in [4.78, 5) is 26.1. The first-order valence-electron chi connectivity index (χ1n) is 8.44. The van der Waals surface area contributed by atoms with Crippen LogP contribution >= 0.6 is 0 Å². The first-order chi connectivity index (χ1) is 12.6.